The number of benzene rings is 1. The summed E-state index contributed by atoms with van der Waals surface area (Å²) in [4.78, 5) is 21.7. The van der Waals surface area contributed by atoms with Crippen LogP contribution in [0, 0.1) is 16.0 Å². The van der Waals surface area contributed by atoms with E-state index in [-0.39, 0.29) is 24.4 Å². The zero-order valence-electron chi connectivity index (χ0n) is 12.5. The Morgan fingerprint density at radius 1 is 1.26 bits per heavy atom. The van der Waals surface area contributed by atoms with Gasteiger partial charge in [0.1, 0.15) is 0 Å². The van der Waals surface area contributed by atoms with Gasteiger partial charge in [-0.05, 0) is 31.7 Å². The van der Waals surface area contributed by atoms with Crippen molar-refractivity contribution in [2.75, 3.05) is 6.79 Å². The average Bonchev–Trinajstić information content (AvgIpc) is 2.99. The summed E-state index contributed by atoms with van der Waals surface area (Å²) >= 11 is 0. The monoisotopic (exact) mass is 322 g/mol. The highest BCUT2D eigenvalue weighted by Gasteiger charge is 2.27. The highest BCUT2D eigenvalue weighted by atomic mass is 16.7. The molecule has 0 saturated heterocycles. The van der Waals surface area contributed by atoms with E-state index in [0.29, 0.717) is 36.4 Å². The molecule has 0 spiro atoms. The predicted molar refractivity (Wildman–Crippen MR) is 79.4 cm³/mol. The molecule has 1 fully saturated rings. The van der Waals surface area contributed by atoms with Gasteiger partial charge in [-0.3, -0.25) is 14.9 Å². The number of nitrogens with one attached hydrogen (secondary N) is 1. The summed E-state index contributed by atoms with van der Waals surface area (Å²) in [5.74, 6) is -0.104. The lowest BCUT2D eigenvalue weighted by atomic mass is 9.86. The summed E-state index contributed by atoms with van der Waals surface area (Å²) in [5, 5.41) is 23.5. The first-order valence-electron chi connectivity index (χ1n) is 7.57. The van der Waals surface area contributed by atoms with Crippen molar-refractivity contribution >= 4 is 11.7 Å². The maximum absolute atomic E-state index is 11.2. The van der Waals surface area contributed by atoms with Crippen molar-refractivity contribution in [2.24, 2.45) is 5.92 Å². The van der Waals surface area contributed by atoms with E-state index in [1.807, 2.05) is 0 Å². The molecule has 124 valence electrons. The van der Waals surface area contributed by atoms with Crippen molar-refractivity contribution in [3.8, 4) is 11.5 Å². The second-order valence-electron chi connectivity index (χ2n) is 5.86. The molecule has 0 unspecified atom stereocenters. The maximum Gasteiger partial charge on any atom is 0.306 e. The normalized spacial score (nSPS) is 22.8. The van der Waals surface area contributed by atoms with Crippen molar-refractivity contribution in [3.63, 3.8) is 0 Å². The second-order valence-corrected chi connectivity index (χ2v) is 5.86. The molecule has 1 aromatic rings. The summed E-state index contributed by atoms with van der Waals surface area (Å²) in [5.41, 5.74) is 0.542. The van der Waals surface area contributed by atoms with Crippen LogP contribution in [0.1, 0.15) is 31.2 Å². The molecular formula is C15H18N2O6. The van der Waals surface area contributed by atoms with E-state index >= 15 is 0 Å². The first-order valence-corrected chi connectivity index (χ1v) is 7.57. The molecule has 1 aromatic carbocycles. The molecule has 1 saturated carbocycles. The number of nitro groups is 1. The Morgan fingerprint density at radius 2 is 1.91 bits per heavy atom. The number of rotatable bonds is 5. The summed E-state index contributed by atoms with van der Waals surface area (Å²) in [6.07, 6.45) is 2.79. The van der Waals surface area contributed by atoms with Crippen LogP contribution in [0.2, 0.25) is 0 Å². The number of nitro benzene ring substituents is 1. The summed E-state index contributed by atoms with van der Waals surface area (Å²) in [6.45, 7) is 0.415. The Bertz CT molecular complexity index is 625. The van der Waals surface area contributed by atoms with Crippen molar-refractivity contribution < 1.29 is 24.3 Å². The van der Waals surface area contributed by atoms with Gasteiger partial charge >= 0.3 is 5.97 Å². The molecule has 8 heteroatoms. The third kappa shape index (κ3) is 3.37. The predicted octanol–water partition coefficient (Wildman–Crippen LogP) is 2.06. The molecule has 23 heavy (non-hydrogen) atoms. The average molecular weight is 322 g/mol. The second kappa shape index (κ2) is 6.41. The Balaban J connectivity index is 1.64. The van der Waals surface area contributed by atoms with Crippen LogP contribution in [0.3, 0.4) is 0 Å². The summed E-state index contributed by atoms with van der Waals surface area (Å²) < 4.78 is 10.4. The lowest BCUT2D eigenvalue weighted by Crippen LogP contribution is -2.34. The van der Waals surface area contributed by atoms with Crippen molar-refractivity contribution in [1.82, 2.24) is 5.32 Å². The van der Waals surface area contributed by atoms with Crippen LogP contribution in [-0.2, 0) is 11.3 Å². The Kier molecular flexibility index (Phi) is 4.33. The minimum atomic E-state index is -0.741. The molecule has 8 nitrogen and oxygen atoms in total. The fourth-order valence-electron chi connectivity index (χ4n) is 3.08. The topological polar surface area (TPSA) is 111 Å². The van der Waals surface area contributed by atoms with E-state index in [1.165, 1.54) is 6.07 Å². The summed E-state index contributed by atoms with van der Waals surface area (Å²) in [7, 11) is 0. The van der Waals surface area contributed by atoms with Gasteiger partial charge in [-0.1, -0.05) is 0 Å². The van der Waals surface area contributed by atoms with Gasteiger partial charge in [-0.25, -0.2) is 0 Å². The molecule has 0 amide bonds. The van der Waals surface area contributed by atoms with E-state index in [4.69, 9.17) is 14.6 Å². The fraction of sp³-hybridized carbons (Fsp3) is 0.533. The Morgan fingerprint density at radius 3 is 2.52 bits per heavy atom. The van der Waals surface area contributed by atoms with Crippen LogP contribution in [0.5, 0.6) is 11.5 Å². The van der Waals surface area contributed by atoms with Gasteiger partial charge in [0, 0.05) is 18.2 Å². The minimum absolute atomic E-state index is 0.000900. The number of nitrogens with zero attached hydrogens (tertiary/aromatic N) is 1. The standard InChI is InChI=1S/C15H18N2O6/c18-15(19)9-1-3-11(4-2-9)16-7-10-5-13-14(23-8-22-13)6-12(10)17(20)21/h5-6,9,11,16H,1-4,7-8H2,(H,18,19). The smallest absolute Gasteiger partial charge is 0.306 e. The number of carboxylic acid groups (broad SMARTS) is 1. The SMILES string of the molecule is O=C(O)C1CCC(NCc2cc3c(cc2[N+](=O)[O-])OCO3)CC1. The van der Waals surface area contributed by atoms with Crippen LogP contribution in [0.25, 0.3) is 0 Å². The van der Waals surface area contributed by atoms with Gasteiger partial charge in [-0.15, -0.1) is 0 Å². The zero-order valence-corrected chi connectivity index (χ0v) is 12.5. The van der Waals surface area contributed by atoms with Crippen molar-refractivity contribution in [3.05, 3.63) is 27.8 Å². The quantitative estimate of drug-likeness (QED) is 0.630. The van der Waals surface area contributed by atoms with E-state index in [1.54, 1.807) is 6.07 Å². The molecule has 2 aliphatic rings. The largest absolute Gasteiger partial charge is 0.481 e. The molecule has 1 aliphatic carbocycles. The van der Waals surface area contributed by atoms with Crippen LogP contribution in [0.4, 0.5) is 5.69 Å². The molecule has 2 N–H and O–H groups in total. The van der Waals surface area contributed by atoms with E-state index in [9.17, 15) is 14.9 Å². The fourth-order valence-corrected chi connectivity index (χ4v) is 3.08. The number of fused-ring (bicyclic) bond motifs is 1. The summed E-state index contributed by atoms with van der Waals surface area (Å²) in [6, 6.07) is 3.20. The molecule has 1 aliphatic heterocycles. The highest BCUT2D eigenvalue weighted by Crippen LogP contribution is 2.38. The van der Waals surface area contributed by atoms with Crippen molar-refractivity contribution in [2.45, 2.75) is 38.3 Å². The highest BCUT2D eigenvalue weighted by molar-refractivity contribution is 5.70. The molecular weight excluding hydrogens is 304 g/mol. The number of carboxylic acids is 1. The third-order valence-corrected chi connectivity index (χ3v) is 4.43. The number of hydrogen-bond donors (Lipinski definition) is 2. The number of ether oxygens (including phenoxy) is 2. The lowest BCUT2D eigenvalue weighted by Gasteiger charge is -2.26. The molecule has 0 bridgehead atoms. The lowest BCUT2D eigenvalue weighted by molar-refractivity contribution is -0.385. The van der Waals surface area contributed by atoms with Gasteiger partial charge in [0.25, 0.3) is 5.69 Å². The van der Waals surface area contributed by atoms with Crippen LogP contribution >= 0.6 is 0 Å². The van der Waals surface area contributed by atoms with Crippen LogP contribution < -0.4 is 14.8 Å². The van der Waals surface area contributed by atoms with Gasteiger partial charge in [0.05, 0.1) is 16.9 Å². The number of aliphatic carboxylic acids is 1. The van der Waals surface area contributed by atoms with Crippen LogP contribution in [-0.4, -0.2) is 28.8 Å². The third-order valence-electron chi connectivity index (χ3n) is 4.43. The zero-order chi connectivity index (χ0) is 16.4. The van der Waals surface area contributed by atoms with Gasteiger partial charge in [-0.2, -0.15) is 0 Å². The molecule has 3 rings (SSSR count). The number of hydrogen-bond acceptors (Lipinski definition) is 6. The van der Waals surface area contributed by atoms with Gasteiger partial charge in [0.2, 0.25) is 6.79 Å². The molecule has 0 aromatic heterocycles. The van der Waals surface area contributed by atoms with Gasteiger partial charge in [0.15, 0.2) is 11.5 Å². The first-order chi connectivity index (χ1) is 11.0. The van der Waals surface area contributed by atoms with Crippen molar-refractivity contribution in [1.29, 1.82) is 0 Å². The molecule has 1 heterocycles. The van der Waals surface area contributed by atoms with Gasteiger partial charge < -0.3 is 19.9 Å². The minimum Gasteiger partial charge on any atom is -0.481 e. The number of carbonyl (C=O) groups is 1. The maximum atomic E-state index is 11.2. The van der Waals surface area contributed by atoms with E-state index < -0.39 is 10.9 Å². The Labute approximate surface area is 132 Å². The molecule has 0 radical (unpaired) electrons. The molecule has 0 atom stereocenters. The van der Waals surface area contributed by atoms with E-state index in [2.05, 4.69) is 5.32 Å². The Hall–Kier alpha value is -2.35. The van der Waals surface area contributed by atoms with Crippen LogP contribution in [0.15, 0.2) is 12.1 Å². The first kappa shape index (κ1) is 15.5. The van der Waals surface area contributed by atoms with E-state index in [0.717, 1.165) is 12.8 Å².